The van der Waals surface area contributed by atoms with Crippen LogP contribution in [-0.2, 0) is 4.74 Å². The van der Waals surface area contributed by atoms with E-state index in [4.69, 9.17) is 4.74 Å². The molecule has 0 aliphatic rings. The molecule has 0 aromatic heterocycles. The van der Waals surface area contributed by atoms with Gasteiger partial charge < -0.3 is 9.47 Å². The van der Waals surface area contributed by atoms with Gasteiger partial charge in [0.25, 0.3) is 0 Å². The van der Waals surface area contributed by atoms with Crippen molar-refractivity contribution in [3.63, 3.8) is 0 Å². The minimum Gasteiger partial charge on any atom is -0.493 e. The van der Waals surface area contributed by atoms with Gasteiger partial charge in [0.2, 0.25) is 0 Å². The Bertz CT molecular complexity index is 421. The van der Waals surface area contributed by atoms with Gasteiger partial charge in [-0.25, -0.2) is 0 Å². The van der Waals surface area contributed by atoms with Crippen molar-refractivity contribution in [1.29, 1.82) is 0 Å². The van der Waals surface area contributed by atoms with Crippen LogP contribution in [0.4, 0.5) is 13.2 Å². The number of benzene rings is 1. The van der Waals surface area contributed by atoms with E-state index in [0.717, 1.165) is 4.47 Å². The summed E-state index contributed by atoms with van der Waals surface area (Å²) >= 11 is 3.22. The zero-order chi connectivity index (χ0) is 14.3. The van der Waals surface area contributed by atoms with Crippen molar-refractivity contribution in [2.75, 3.05) is 19.8 Å². The van der Waals surface area contributed by atoms with E-state index in [1.807, 2.05) is 0 Å². The SMILES string of the molecule is O=Cc1cc(Br)ccc1OCCCOCC(F)(F)F. The largest absolute Gasteiger partial charge is 0.493 e. The molecule has 0 fully saturated rings. The number of carbonyl (C=O) groups excluding carboxylic acids is 1. The lowest BCUT2D eigenvalue weighted by Gasteiger charge is -2.10. The average molecular weight is 341 g/mol. The molecule has 106 valence electrons. The van der Waals surface area contributed by atoms with Crippen molar-refractivity contribution in [3.05, 3.63) is 28.2 Å². The minimum absolute atomic E-state index is 0.0491. The van der Waals surface area contributed by atoms with Gasteiger partial charge in [-0.15, -0.1) is 0 Å². The van der Waals surface area contributed by atoms with Crippen LogP contribution in [0.5, 0.6) is 5.75 Å². The highest BCUT2D eigenvalue weighted by Crippen LogP contribution is 2.21. The Labute approximate surface area is 116 Å². The average Bonchev–Trinajstić information content (AvgIpc) is 2.33. The number of halogens is 4. The summed E-state index contributed by atoms with van der Waals surface area (Å²) in [5.41, 5.74) is 0.380. The number of hydrogen-bond acceptors (Lipinski definition) is 3. The van der Waals surface area contributed by atoms with Crippen molar-refractivity contribution >= 4 is 22.2 Å². The first-order valence-electron chi connectivity index (χ1n) is 5.44. The predicted octanol–water partition coefficient (Wildman–Crippen LogP) is 3.61. The molecule has 0 atom stereocenters. The normalized spacial score (nSPS) is 11.4. The fourth-order valence-corrected chi connectivity index (χ4v) is 1.65. The Morgan fingerprint density at radius 2 is 2.00 bits per heavy atom. The van der Waals surface area contributed by atoms with Crippen molar-refractivity contribution < 1.29 is 27.4 Å². The highest BCUT2D eigenvalue weighted by atomic mass is 79.9. The van der Waals surface area contributed by atoms with E-state index in [2.05, 4.69) is 20.7 Å². The lowest BCUT2D eigenvalue weighted by atomic mass is 10.2. The summed E-state index contributed by atoms with van der Waals surface area (Å²) in [6, 6.07) is 4.93. The molecule has 0 N–H and O–H groups in total. The highest BCUT2D eigenvalue weighted by molar-refractivity contribution is 9.10. The van der Waals surface area contributed by atoms with Crippen LogP contribution in [0.1, 0.15) is 16.8 Å². The molecule has 19 heavy (non-hydrogen) atoms. The number of alkyl halides is 3. The van der Waals surface area contributed by atoms with E-state index in [1.54, 1.807) is 18.2 Å². The lowest BCUT2D eigenvalue weighted by Crippen LogP contribution is -2.18. The summed E-state index contributed by atoms with van der Waals surface area (Å²) < 4.78 is 45.8. The van der Waals surface area contributed by atoms with Crippen LogP contribution < -0.4 is 4.74 Å². The molecule has 3 nitrogen and oxygen atoms in total. The predicted molar refractivity (Wildman–Crippen MR) is 66.5 cm³/mol. The summed E-state index contributed by atoms with van der Waals surface area (Å²) in [4.78, 5) is 10.8. The second-order valence-electron chi connectivity index (χ2n) is 3.67. The van der Waals surface area contributed by atoms with Gasteiger partial charge in [-0.2, -0.15) is 13.2 Å². The summed E-state index contributed by atoms with van der Waals surface area (Å²) in [7, 11) is 0. The molecule has 0 aliphatic heterocycles. The zero-order valence-corrected chi connectivity index (χ0v) is 11.5. The standard InChI is InChI=1S/C12H12BrF3O3/c13-10-2-3-11(9(6-10)7-17)19-5-1-4-18-8-12(14,15)16/h2-3,6-7H,1,4-5,8H2. The van der Waals surface area contributed by atoms with Crippen LogP contribution in [0, 0.1) is 0 Å². The van der Waals surface area contributed by atoms with E-state index in [1.165, 1.54) is 0 Å². The quantitative estimate of drug-likeness (QED) is 0.561. The molecule has 1 rings (SSSR count). The Hall–Kier alpha value is -1.08. The first-order chi connectivity index (χ1) is 8.92. The van der Waals surface area contributed by atoms with Crippen LogP contribution in [0.25, 0.3) is 0 Å². The molecule has 0 saturated heterocycles. The van der Waals surface area contributed by atoms with Gasteiger partial charge in [-0.05, 0) is 18.2 Å². The van der Waals surface area contributed by atoms with Crippen LogP contribution in [-0.4, -0.2) is 32.3 Å². The molecule has 7 heteroatoms. The lowest BCUT2D eigenvalue weighted by molar-refractivity contribution is -0.174. The van der Waals surface area contributed by atoms with Crippen LogP contribution in [0.2, 0.25) is 0 Å². The van der Waals surface area contributed by atoms with Crippen LogP contribution >= 0.6 is 15.9 Å². The Morgan fingerprint density at radius 1 is 1.26 bits per heavy atom. The number of carbonyl (C=O) groups is 1. The molecule has 1 aromatic carbocycles. The van der Waals surface area contributed by atoms with Crippen LogP contribution in [0.3, 0.4) is 0 Å². The van der Waals surface area contributed by atoms with Crippen molar-refractivity contribution in [2.24, 2.45) is 0 Å². The summed E-state index contributed by atoms with van der Waals surface area (Å²) in [5.74, 6) is 0.397. The summed E-state index contributed by atoms with van der Waals surface area (Å²) in [5, 5.41) is 0. The van der Waals surface area contributed by atoms with E-state index < -0.39 is 12.8 Å². The molecule has 0 amide bonds. The third-order valence-corrected chi connectivity index (χ3v) is 2.55. The number of aldehydes is 1. The van der Waals surface area contributed by atoms with E-state index >= 15 is 0 Å². The molecule has 0 radical (unpaired) electrons. The molecular weight excluding hydrogens is 329 g/mol. The highest BCUT2D eigenvalue weighted by Gasteiger charge is 2.27. The Morgan fingerprint density at radius 3 is 2.63 bits per heavy atom. The Kier molecular flexibility index (Phi) is 6.30. The van der Waals surface area contributed by atoms with Crippen molar-refractivity contribution in [3.8, 4) is 5.75 Å². The van der Waals surface area contributed by atoms with Gasteiger partial charge in [0.1, 0.15) is 12.4 Å². The zero-order valence-electron chi connectivity index (χ0n) is 9.87. The second-order valence-corrected chi connectivity index (χ2v) is 4.59. The van der Waals surface area contributed by atoms with E-state index in [9.17, 15) is 18.0 Å². The molecule has 0 aliphatic carbocycles. The third-order valence-electron chi connectivity index (χ3n) is 2.06. The topological polar surface area (TPSA) is 35.5 Å². The molecule has 0 bridgehead atoms. The van der Waals surface area contributed by atoms with Gasteiger partial charge in [-0.3, -0.25) is 4.79 Å². The maximum Gasteiger partial charge on any atom is 0.411 e. The fraction of sp³-hybridized carbons (Fsp3) is 0.417. The first kappa shape index (κ1) is 16.0. The van der Waals surface area contributed by atoms with Gasteiger partial charge in [0.15, 0.2) is 6.29 Å². The number of ether oxygens (including phenoxy) is 2. The summed E-state index contributed by atoms with van der Waals surface area (Å²) in [6.07, 6.45) is -3.35. The van der Waals surface area contributed by atoms with Crippen LogP contribution in [0.15, 0.2) is 22.7 Å². The Balaban J connectivity index is 2.28. The molecule has 1 aromatic rings. The van der Waals surface area contributed by atoms with Crippen molar-refractivity contribution in [2.45, 2.75) is 12.6 Å². The van der Waals surface area contributed by atoms with Gasteiger partial charge in [0.05, 0.1) is 18.8 Å². The van der Waals surface area contributed by atoms with E-state index in [-0.39, 0.29) is 13.2 Å². The number of rotatable bonds is 7. The van der Waals surface area contributed by atoms with Gasteiger partial charge in [0, 0.05) is 10.9 Å². The molecule has 0 unspecified atom stereocenters. The maximum atomic E-state index is 11.8. The molecule has 0 saturated carbocycles. The van der Waals surface area contributed by atoms with E-state index in [0.29, 0.717) is 24.0 Å². The third kappa shape index (κ3) is 6.58. The maximum absolute atomic E-state index is 11.8. The van der Waals surface area contributed by atoms with Gasteiger partial charge >= 0.3 is 6.18 Å². The number of hydrogen-bond donors (Lipinski definition) is 0. The van der Waals surface area contributed by atoms with Gasteiger partial charge in [-0.1, -0.05) is 15.9 Å². The smallest absolute Gasteiger partial charge is 0.411 e. The second kappa shape index (κ2) is 7.49. The molecular formula is C12H12BrF3O3. The fourth-order valence-electron chi connectivity index (χ4n) is 1.27. The minimum atomic E-state index is -4.31. The molecule has 0 spiro atoms. The monoisotopic (exact) mass is 340 g/mol. The first-order valence-corrected chi connectivity index (χ1v) is 6.24. The molecule has 0 heterocycles. The summed E-state index contributed by atoms with van der Waals surface area (Å²) in [6.45, 7) is -1.13. The van der Waals surface area contributed by atoms with Crippen molar-refractivity contribution in [1.82, 2.24) is 0 Å².